The molecule has 0 bridgehead atoms. The molecule has 0 radical (unpaired) electrons. The van der Waals surface area contributed by atoms with Crippen LogP contribution in [-0.4, -0.2) is 5.48 Å². The van der Waals surface area contributed by atoms with Crippen LogP contribution in [0.25, 0.3) is 0 Å². The predicted molar refractivity (Wildman–Crippen MR) is 51.8 cm³/mol. The lowest BCUT2D eigenvalue weighted by atomic mass is 9.98. The fourth-order valence-electron chi connectivity index (χ4n) is 1.25. The second-order valence-corrected chi connectivity index (χ2v) is 3.39. The smallest absolute Gasteiger partial charge is 0.0443 e. The molecule has 0 saturated heterocycles. The van der Waals surface area contributed by atoms with E-state index in [1.807, 2.05) is 0 Å². The Morgan fingerprint density at radius 3 is 1.55 bits per heavy atom. The molecule has 0 saturated carbocycles. The van der Waals surface area contributed by atoms with Crippen molar-refractivity contribution in [2.45, 2.75) is 59.3 Å². The number of rotatable bonds is 6. The van der Waals surface area contributed by atoms with Crippen molar-refractivity contribution in [3.05, 3.63) is 0 Å². The second kappa shape index (κ2) is 9.96. The minimum absolute atomic E-state index is 0. The van der Waals surface area contributed by atoms with E-state index < -0.39 is 0 Å². The maximum absolute atomic E-state index is 2.38. The highest BCUT2D eigenvalue weighted by atomic mass is 16.0. The fraction of sp³-hybridized carbons (Fsp3) is 1.00. The summed E-state index contributed by atoms with van der Waals surface area (Å²) >= 11 is 0. The molecule has 0 heterocycles. The van der Waals surface area contributed by atoms with Crippen molar-refractivity contribution in [3.63, 3.8) is 0 Å². The normalized spacial score (nSPS) is 9.82. The van der Waals surface area contributed by atoms with Crippen LogP contribution in [0.5, 0.6) is 0 Å². The highest BCUT2D eigenvalue weighted by molar-refractivity contribution is 4.52. The molecule has 0 rings (SSSR count). The van der Waals surface area contributed by atoms with Crippen LogP contribution >= 0.6 is 0 Å². The average molecular weight is 160 g/mol. The Bertz CT molecular complexity index is 53.9. The third kappa shape index (κ3) is 9.96. The molecule has 0 fully saturated rings. The molecule has 0 amide bonds. The molecule has 0 aliphatic rings. The van der Waals surface area contributed by atoms with Crippen LogP contribution in [0.3, 0.4) is 0 Å². The van der Waals surface area contributed by atoms with Crippen molar-refractivity contribution in [1.82, 2.24) is 0 Å². The van der Waals surface area contributed by atoms with Gasteiger partial charge in [-0.1, -0.05) is 59.3 Å². The first-order valence-corrected chi connectivity index (χ1v) is 4.81. The third-order valence-corrected chi connectivity index (χ3v) is 2.10. The van der Waals surface area contributed by atoms with Gasteiger partial charge in [-0.2, -0.15) is 0 Å². The van der Waals surface area contributed by atoms with Gasteiger partial charge in [-0.3, -0.25) is 0 Å². The van der Waals surface area contributed by atoms with Gasteiger partial charge in [-0.05, 0) is 5.92 Å². The summed E-state index contributed by atoms with van der Waals surface area (Å²) < 4.78 is 0. The van der Waals surface area contributed by atoms with Crippen molar-refractivity contribution >= 4 is 0 Å². The summed E-state index contributed by atoms with van der Waals surface area (Å²) in [6.45, 7) is 6.92. The Labute approximate surface area is 71.5 Å². The predicted octanol–water partition coefficient (Wildman–Crippen LogP) is 3.18. The molecule has 0 aromatic rings. The van der Waals surface area contributed by atoms with Crippen molar-refractivity contribution in [3.8, 4) is 0 Å². The van der Waals surface area contributed by atoms with E-state index in [-0.39, 0.29) is 5.48 Å². The van der Waals surface area contributed by atoms with Gasteiger partial charge in [-0.25, -0.2) is 0 Å². The largest absolute Gasteiger partial charge is 0.412 e. The first-order chi connectivity index (χ1) is 4.81. The van der Waals surface area contributed by atoms with Gasteiger partial charge in [0.2, 0.25) is 0 Å². The Balaban J connectivity index is 0. The summed E-state index contributed by atoms with van der Waals surface area (Å²) in [5.74, 6) is 0.972. The lowest BCUT2D eigenvalue weighted by Crippen LogP contribution is -1.93. The van der Waals surface area contributed by atoms with E-state index in [1.165, 1.54) is 38.5 Å². The van der Waals surface area contributed by atoms with E-state index in [0.717, 1.165) is 5.92 Å². The molecule has 70 valence electrons. The minimum atomic E-state index is 0. The van der Waals surface area contributed by atoms with Crippen molar-refractivity contribution < 1.29 is 5.48 Å². The highest BCUT2D eigenvalue weighted by Crippen LogP contribution is 2.14. The molecule has 1 nitrogen and oxygen atoms in total. The van der Waals surface area contributed by atoms with Crippen molar-refractivity contribution in [1.29, 1.82) is 0 Å². The minimum Gasteiger partial charge on any atom is -0.412 e. The number of unbranched alkanes of at least 4 members (excludes halogenated alkanes) is 2. The van der Waals surface area contributed by atoms with E-state index in [9.17, 15) is 0 Å². The van der Waals surface area contributed by atoms with Gasteiger partial charge in [0, 0.05) is 0 Å². The van der Waals surface area contributed by atoms with Gasteiger partial charge in [0.25, 0.3) is 0 Å². The maximum atomic E-state index is 2.38. The number of hydrogen-bond acceptors (Lipinski definition) is 0. The van der Waals surface area contributed by atoms with E-state index in [0.29, 0.717) is 0 Å². The van der Waals surface area contributed by atoms with Crippen LogP contribution in [0.15, 0.2) is 0 Å². The quantitative estimate of drug-likeness (QED) is 0.571. The highest BCUT2D eigenvalue weighted by Gasteiger charge is 1.98. The zero-order valence-electron chi connectivity index (χ0n) is 8.32. The number of hydrogen-bond donors (Lipinski definition) is 0. The van der Waals surface area contributed by atoms with Crippen LogP contribution in [0.4, 0.5) is 0 Å². The maximum Gasteiger partial charge on any atom is -0.0443 e. The summed E-state index contributed by atoms with van der Waals surface area (Å²) in [6, 6.07) is 0. The second-order valence-electron chi connectivity index (χ2n) is 3.39. The summed E-state index contributed by atoms with van der Waals surface area (Å²) in [5.41, 5.74) is 0. The summed E-state index contributed by atoms with van der Waals surface area (Å²) in [5, 5.41) is 0. The molecule has 0 unspecified atom stereocenters. The first-order valence-electron chi connectivity index (χ1n) is 4.81. The van der Waals surface area contributed by atoms with Crippen LogP contribution < -0.4 is 0 Å². The zero-order valence-corrected chi connectivity index (χ0v) is 8.32. The van der Waals surface area contributed by atoms with E-state index >= 15 is 0 Å². The Morgan fingerprint density at radius 2 is 1.27 bits per heavy atom. The SMILES string of the molecule is CCCCC(C)CCCC.O. The molecule has 11 heavy (non-hydrogen) atoms. The fourth-order valence-corrected chi connectivity index (χ4v) is 1.25. The van der Waals surface area contributed by atoms with Crippen molar-refractivity contribution in [2.24, 2.45) is 5.92 Å². The Kier molecular flexibility index (Phi) is 12.3. The molecule has 1 heteroatoms. The summed E-state index contributed by atoms with van der Waals surface area (Å²) in [7, 11) is 0. The van der Waals surface area contributed by atoms with Crippen LogP contribution in [0.2, 0.25) is 0 Å². The molecule has 0 aliphatic heterocycles. The van der Waals surface area contributed by atoms with Crippen LogP contribution in [0, 0.1) is 5.92 Å². The zero-order chi connectivity index (χ0) is 7.82. The molecule has 2 N–H and O–H groups in total. The van der Waals surface area contributed by atoms with Gasteiger partial charge >= 0.3 is 0 Å². The molecule has 0 spiro atoms. The Hall–Kier alpha value is -0.0400. The molecule has 0 aromatic carbocycles. The third-order valence-electron chi connectivity index (χ3n) is 2.10. The Morgan fingerprint density at radius 1 is 0.909 bits per heavy atom. The van der Waals surface area contributed by atoms with Crippen LogP contribution in [0.1, 0.15) is 59.3 Å². The molecule has 0 aliphatic carbocycles. The first kappa shape index (κ1) is 13.5. The standard InChI is InChI=1S/C10H22.H2O/c1-4-6-8-10(3)9-7-5-2;/h10H,4-9H2,1-3H3;1H2. The average Bonchev–Trinajstić information content (AvgIpc) is 1.97. The van der Waals surface area contributed by atoms with E-state index in [2.05, 4.69) is 20.8 Å². The van der Waals surface area contributed by atoms with Crippen molar-refractivity contribution in [2.75, 3.05) is 0 Å². The van der Waals surface area contributed by atoms with E-state index in [4.69, 9.17) is 0 Å². The molecular formula is C10H24O. The molecular weight excluding hydrogens is 136 g/mol. The van der Waals surface area contributed by atoms with Gasteiger partial charge in [0.15, 0.2) is 0 Å². The summed E-state index contributed by atoms with van der Waals surface area (Å²) in [6.07, 6.45) is 8.44. The lowest BCUT2D eigenvalue weighted by Gasteiger charge is -2.08. The van der Waals surface area contributed by atoms with Gasteiger partial charge in [0.1, 0.15) is 0 Å². The molecule has 0 atom stereocenters. The van der Waals surface area contributed by atoms with E-state index in [1.54, 1.807) is 0 Å². The van der Waals surface area contributed by atoms with Gasteiger partial charge in [0.05, 0.1) is 0 Å². The molecule has 0 aromatic heterocycles. The lowest BCUT2D eigenvalue weighted by molar-refractivity contribution is 0.454. The summed E-state index contributed by atoms with van der Waals surface area (Å²) in [4.78, 5) is 0. The van der Waals surface area contributed by atoms with Gasteiger partial charge < -0.3 is 5.48 Å². The van der Waals surface area contributed by atoms with Gasteiger partial charge in [-0.15, -0.1) is 0 Å². The topological polar surface area (TPSA) is 31.5 Å². The van der Waals surface area contributed by atoms with Crippen LogP contribution in [-0.2, 0) is 0 Å². The monoisotopic (exact) mass is 160 g/mol.